The van der Waals surface area contributed by atoms with Crippen molar-refractivity contribution in [3.63, 3.8) is 0 Å². The molecule has 9 heteroatoms. The highest BCUT2D eigenvalue weighted by atomic mass is 16.6. The van der Waals surface area contributed by atoms with Crippen molar-refractivity contribution >= 4 is 34.5 Å². The van der Waals surface area contributed by atoms with Crippen LogP contribution in [0.1, 0.15) is 27.5 Å². The molecule has 3 N–H and O–H groups in total. The van der Waals surface area contributed by atoms with Gasteiger partial charge in [-0.2, -0.15) is 0 Å². The number of aliphatic imine (C=N–C) groups is 1. The number of aromatic nitrogens is 2. The van der Waals surface area contributed by atoms with Crippen molar-refractivity contribution in [1.82, 2.24) is 9.97 Å². The minimum absolute atomic E-state index is 0.0238. The molecule has 0 saturated carbocycles. The van der Waals surface area contributed by atoms with Crippen LogP contribution in [0, 0.1) is 16.0 Å². The number of ketones is 1. The van der Waals surface area contributed by atoms with E-state index in [0.29, 0.717) is 28.3 Å². The molecule has 0 saturated heterocycles. The Balaban J connectivity index is 1.72. The molecule has 2 unspecified atom stereocenters. The molecule has 2 heterocycles. The van der Waals surface area contributed by atoms with Crippen molar-refractivity contribution < 1.29 is 9.72 Å². The molecular weight excluding hydrogens is 372 g/mol. The van der Waals surface area contributed by atoms with Crippen molar-refractivity contribution in [3.05, 3.63) is 81.7 Å². The quantitative estimate of drug-likeness (QED) is 0.510. The number of nitrogens with one attached hydrogen (secondary N) is 1. The highest BCUT2D eigenvalue weighted by Crippen LogP contribution is 2.44. The lowest BCUT2D eigenvalue weighted by molar-refractivity contribution is -0.384. The smallest absolute Gasteiger partial charge is 0.269 e. The van der Waals surface area contributed by atoms with E-state index in [1.807, 2.05) is 18.2 Å². The van der Waals surface area contributed by atoms with Crippen LogP contribution >= 0.6 is 0 Å². The van der Waals surface area contributed by atoms with E-state index in [2.05, 4.69) is 20.3 Å². The number of carbonyl (C=O) groups excluding carboxylic acids is 1. The third-order valence-electron chi connectivity index (χ3n) is 5.22. The molecule has 0 bridgehead atoms. The van der Waals surface area contributed by atoms with E-state index in [1.165, 1.54) is 18.5 Å². The van der Waals surface area contributed by atoms with Crippen LogP contribution in [-0.4, -0.2) is 26.4 Å². The molecule has 3 aromatic rings. The lowest BCUT2D eigenvalue weighted by Gasteiger charge is -2.23. The van der Waals surface area contributed by atoms with Gasteiger partial charge in [0, 0.05) is 23.3 Å². The number of nitrogen functional groups attached to an aromatic ring is 1. The van der Waals surface area contributed by atoms with Gasteiger partial charge in [-0.25, -0.2) is 15.0 Å². The molecule has 0 amide bonds. The van der Waals surface area contributed by atoms with Crippen LogP contribution in [0.2, 0.25) is 0 Å². The number of hydrogen-bond donors (Lipinski definition) is 2. The zero-order valence-electron chi connectivity index (χ0n) is 14.9. The minimum Gasteiger partial charge on any atom is -0.382 e. The predicted octanol–water partition coefficient (Wildman–Crippen LogP) is 3.07. The third-order valence-corrected chi connectivity index (χ3v) is 5.22. The van der Waals surface area contributed by atoms with Crippen LogP contribution in [0.4, 0.5) is 23.0 Å². The van der Waals surface area contributed by atoms with E-state index < -0.39 is 16.9 Å². The maximum absolute atomic E-state index is 13.3. The summed E-state index contributed by atoms with van der Waals surface area (Å²) >= 11 is 0. The summed E-state index contributed by atoms with van der Waals surface area (Å²) in [5.74, 6) is -0.0834. The summed E-state index contributed by atoms with van der Waals surface area (Å²) < 4.78 is 0. The van der Waals surface area contributed by atoms with E-state index in [9.17, 15) is 14.9 Å². The van der Waals surface area contributed by atoms with E-state index in [4.69, 9.17) is 5.73 Å². The number of Topliss-reactive ketones (excluding diaryl/α,β-unsaturated/α-hetero) is 1. The monoisotopic (exact) mass is 386 g/mol. The van der Waals surface area contributed by atoms with Gasteiger partial charge < -0.3 is 11.1 Å². The summed E-state index contributed by atoms with van der Waals surface area (Å²) in [7, 11) is 0. The zero-order chi connectivity index (χ0) is 20.1. The molecule has 0 fully saturated rings. The van der Waals surface area contributed by atoms with Crippen LogP contribution in [0.5, 0.6) is 0 Å². The molecule has 5 rings (SSSR count). The van der Waals surface area contributed by atoms with Gasteiger partial charge in [-0.1, -0.05) is 36.4 Å². The summed E-state index contributed by atoms with van der Waals surface area (Å²) in [6, 6.07) is 12.9. The summed E-state index contributed by atoms with van der Waals surface area (Å²) in [6.07, 6.45) is 1.32. The first kappa shape index (κ1) is 17.0. The number of nitrogens with zero attached hydrogens (tertiary/aromatic N) is 4. The Morgan fingerprint density at radius 3 is 2.48 bits per heavy atom. The summed E-state index contributed by atoms with van der Waals surface area (Å²) in [5, 5.41) is 14.3. The van der Waals surface area contributed by atoms with Gasteiger partial charge in [0.05, 0.1) is 22.6 Å². The second-order valence-electron chi connectivity index (χ2n) is 6.81. The number of nitro groups is 1. The zero-order valence-corrected chi connectivity index (χ0v) is 14.9. The lowest BCUT2D eigenvalue weighted by atomic mass is 9.88. The van der Waals surface area contributed by atoms with Gasteiger partial charge in [-0.15, -0.1) is 0 Å². The fourth-order valence-corrected chi connectivity index (χ4v) is 3.86. The molecule has 29 heavy (non-hydrogen) atoms. The van der Waals surface area contributed by atoms with Gasteiger partial charge in [0.1, 0.15) is 12.0 Å². The molecule has 0 radical (unpaired) electrons. The number of nitro benzene ring substituents is 1. The van der Waals surface area contributed by atoms with E-state index in [-0.39, 0.29) is 17.3 Å². The summed E-state index contributed by atoms with van der Waals surface area (Å²) in [5.41, 5.74) is 9.00. The maximum atomic E-state index is 13.3. The number of hydrogen-bond acceptors (Lipinski definition) is 8. The van der Waals surface area contributed by atoms with Crippen LogP contribution in [0.3, 0.4) is 0 Å². The first-order chi connectivity index (χ1) is 14.0. The Kier molecular flexibility index (Phi) is 3.63. The predicted molar refractivity (Wildman–Crippen MR) is 106 cm³/mol. The number of anilines is 2. The van der Waals surface area contributed by atoms with Crippen LogP contribution in [0.15, 0.2) is 59.9 Å². The van der Waals surface area contributed by atoms with E-state index >= 15 is 0 Å². The number of nitrogens with two attached hydrogens (primary N) is 1. The first-order valence-corrected chi connectivity index (χ1v) is 8.88. The molecule has 142 valence electrons. The highest BCUT2D eigenvalue weighted by molar-refractivity contribution is 6.29. The maximum Gasteiger partial charge on any atom is 0.269 e. The van der Waals surface area contributed by atoms with Crippen molar-refractivity contribution in [2.75, 3.05) is 11.1 Å². The molecule has 9 nitrogen and oxygen atoms in total. The standard InChI is InChI=1S/C20H14N6O3/c21-19-17-20(23-9-22-19)25-15(10-5-7-11(8-6-10)26(28)29)14-16(24-17)12-3-1-2-4-13(12)18(14)27/h1-9,14-15H,(H3,21,22,23,25). The van der Waals surface area contributed by atoms with Gasteiger partial charge in [0.15, 0.2) is 17.4 Å². The van der Waals surface area contributed by atoms with Crippen molar-refractivity contribution in [3.8, 4) is 0 Å². The third kappa shape index (κ3) is 2.55. The average molecular weight is 386 g/mol. The topological polar surface area (TPSA) is 136 Å². The molecule has 1 aliphatic heterocycles. The number of carbonyl (C=O) groups is 1. The number of fused-ring (bicyclic) bond motifs is 4. The fraction of sp³-hybridized carbons (Fsp3) is 0.100. The van der Waals surface area contributed by atoms with Gasteiger partial charge in [0.2, 0.25) is 0 Å². The molecule has 1 aromatic heterocycles. The van der Waals surface area contributed by atoms with Gasteiger partial charge in [-0.3, -0.25) is 14.9 Å². The van der Waals surface area contributed by atoms with Crippen LogP contribution in [-0.2, 0) is 0 Å². The van der Waals surface area contributed by atoms with Gasteiger partial charge >= 0.3 is 0 Å². The normalized spacial score (nSPS) is 19.3. The minimum atomic E-state index is -0.623. The van der Waals surface area contributed by atoms with Crippen molar-refractivity contribution in [1.29, 1.82) is 0 Å². The largest absolute Gasteiger partial charge is 0.382 e. The molecule has 2 atom stereocenters. The summed E-state index contributed by atoms with van der Waals surface area (Å²) in [4.78, 5) is 36.8. The van der Waals surface area contributed by atoms with Gasteiger partial charge in [0.25, 0.3) is 5.69 Å². The second-order valence-corrected chi connectivity index (χ2v) is 6.81. The SMILES string of the molecule is Nc1ncnc2c1N=C1c3ccccc3C(=O)C1C(c1ccc([N+](=O)[O-])cc1)N2. The van der Waals surface area contributed by atoms with E-state index in [1.54, 1.807) is 18.2 Å². The number of non-ortho nitro benzene ring substituents is 1. The lowest BCUT2D eigenvalue weighted by Crippen LogP contribution is -2.28. The van der Waals surface area contributed by atoms with Gasteiger partial charge in [-0.05, 0) is 5.56 Å². The molecular formula is C20H14N6O3. The Bertz CT molecular complexity index is 1210. The molecule has 2 aliphatic rings. The number of rotatable bonds is 2. The van der Waals surface area contributed by atoms with Crippen LogP contribution in [0.25, 0.3) is 0 Å². The molecule has 0 spiro atoms. The second kappa shape index (κ2) is 6.20. The van der Waals surface area contributed by atoms with Crippen molar-refractivity contribution in [2.45, 2.75) is 6.04 Å². The Morgan fingerprint density at radius 2 is 1.76 bits per heavy atom. The first-order valence-electron chi connectivity index (χ1n) is 8.88. The Labute approximate surface area is 164 Å². The fourth-order valence-electron chi connectivity index (χ4n) is 3.86. The molecule has 1 aliphatic carbocycles. The Hall–Kier alpha value is -4.14. The Morgan fingerprint density at radius 1 is 1.03 bits per heavy atom. The molecule has 2 aromatic carbocycles. The highest BCUT2D eigenvalue weighted by Gasteiger charge is 2.44. The van der Waals surface area contributed by atoms with Crippen LogP contribution < -0.4 is 11.1 Å². The van der Waals surface area contributed by atoms with E-state index in [0.717, 1.165) is 5.56 Å². The number of benzene rings is 2. The summed E-state index contributed by atoms with van der Waals surface area (Å²) in [6.45, 7) is 0. The average Bonchev–Trinajstić information content (AvgIpc) is 2.89. The van der Waals surface area contributed by atoms with Crippen molar-refractivity contribution in [2.24, 2.45) is 10.9 Å².